The van der Waals surface area contributed by atoms with Crippen molar-refractivity contribution < 1.29 is 17.4 Å². The molecule has 1 aliphatic rings. The first-order chi connectivity index (χ1) is 9.90. The van der Waals surface area contributed by atoms with Crippen molar-refractivity contribution >= 4 is 22.4 Å². The molecule has 1 aromatic rings. The summed E-state index contributed by atoms with van der Waals surface area (Å²) in [6, 6.07) is 2.09. The smallest absolute Gasteiger partial charge is 0.370 e. The summed E-state index contributed by atoms with van der Waals surface area (Å²) in [4.78, 5) is 6.01. The zero-order valence-corrected chi connectivity index (χ0v) is 12.6. The second-order valence-electron chi connectivity index (χ2n) is 4.86. The number of rotatable bonds is 4. The topological polar surface area (TPSA) is 45.2 Å². The van der Waals surface area contributed by atoms with Crippen molar-refractivity contribution in [1.82, 2.24) is 4.98 Å². The predicted molar refractivity (Wildman–Crippen MR) is 78.1 cm³/mol. The van der Waals surface area contributed by atoms with Crippen LogP contribution in [-0.4, -0.2) is 40.3 Å². The minimum atomic E-state index is -4.40. The first kappa shape index (κ1) is 16.1. The summed E-state index contributed by atoms with van der Waals surface area (Å²) in [6.45, 7) is 3.43. The lowest BCUT2D eigenvalue weighted by atomic mass is 10.2. The van der Waals surface area contributed by atoms with Crippen molar-refractivity contribution in [3.8, 4) is 0 Å². The fourth-order valence-electron chi connectivity index (χ4n) is 2.05. The molecule has 2 heterocycles. The van der Waals surface area contributed by atoms with Crippen molar-refractivity contribution in [2.45, 2.75) is 19.5 Å². The molecule has 0 bridgehead atoms. The van der Waals surface area contributed by atoms with Gasteiger partial charge < -0.3 is 10.2 Å². The van der Waals surface area contributed by atoms with E-state index >= 15 is 0 Å². The second kappa shape index (κ2) is 6.64. The van der Waals surface area contributed by atoms with Gasteiger partial charge in [-0.2, -0.15) is 13.2 Å². The van der Waals surface area contributed by atoms with Crippen molar-refractivity contribution in [2.75, 3.05) is 41.4 Å². The van der Waals surface area contributed by atoms with Crippen LogP contribution in [0.25, 0.3) is 0 Å². The Labute approximate surface area is 124 Å². The number of pyridine rings is 1. The monoisotopic (exact) mass is 321 g/mol. The lowest BCUT2D eigenvalue weighted by Crippen LogP contribution is -2.38. The molecule has 2 rings (SSSR count). The van der Waals surface area contributed by atoms with Crippen molar-refractivity contribution in [2.24, 2.45) is 0 Å². The standard InChI is InChI=1S/C13H18F3N3OS/c1-2-3-17-11-8-10(13(14,15)16)9-12(18-11)19-4-6-21(20)7-5-19/h8-9H,2-7H2,1H3,(H,17,18). The van der Waals surface area contributed by atoms with Crippen LogP contribution in [0.15, 0.2) is 12.1 Å². The number of aromatic nitrogens is 1. The molecule has 0 amide bonds. The molecule has 0 spiro atoms. The molecule has 0 unspecified atom stereocenters. The maximum Gasteiger partial charge on any atom is 0.416 e. The van der Waals surface area contributed by atoms with Gasteiger partial charge in [-0.15, -0.1) is 0 Å². The van der Waals surface area contributed by atoms with Crippen molar-refractivity contribution in [3.63, 3.8) is 0 Å². The number of hydrogen-bond donors (Lipinski definition) is 1. The summed E-state index contributed by atoms with van der Waals surface area (Å²) in [7, 11) is -0.875. The van der Waals surface area contributed by atoms with Crippen LogP contribution >= 0.6 is 0 Å². The molecular weight excluding hydrogens is 303 g/mol. The lowest BCUT2D eigenvalue weighted by molar-refractivity contribution is -0.137. The first-order valence-corrected chi connectivity index (χ1v) is 8.32. The average molecular weight is 321 g/mol. The highest BCUT2D eigenvalue weighted by molar-refractivity contribution is 7.85. The van der Waals surface area contributed by atoms with Crippen molar-refractivity contribution in [3.05, 3.63) is 17.7 Å². The van der Waals surface area contributed by atoms with E-state index in [1.54, 1.807) is 4.90 Å². The van der Waals surface area contributed by atoms with E-state index in [1.165, 1.54) is 0 Å². The van der Waals surface area contributed by atoms with E-state index in [-0.39, 0.29) is 5.82 Å². The zero-order valence-electron chi connectivity index (χ0n) is 11.7. The Balaban J connectivity index is 2.28. The highest BCUT2D eigenvalue weighted by Crippen LogP contribution is 2.33. The molecule has 21 heavy (non-hydrogen) atoms. The normalized spacial score (nSPS) is 17.0. The lowest BCUT2D eigenvalue weighted by Gasteiger charge is -2.28. The van der Waals surface area contributed by atoms with Gasteiger partial charge in [0, 0.05) is 41.9 Å². The Bertz CT molecular complexity index is 512. The summed E-state index contributed by atoms with van der Waals surface area (Å²) in [5.41, 5.74) is -0.710. The van der Waals surface area contributed by atoms with E-state index in [0.29, 0.717) is 37.0 Å². The highest BCUT2D eigenvalue weighted by atomic mass is 32.2. The van der Waals surface area contributed by atoms with Crippen LogP contribution in [-0.2, 0) is 17.0 Å². The van der Waals surface area contributed by atoms with Gasteiger partial charge >= 0.3 is 6.18 Å². The van der Waals surface area contributed by atoms with Gasteiger partial charge in [-0.05, 0) is 18.6 Å². The molecule has 1 fully saturated rings. The molecule has 1 aromatic heterocycles. The Morgan fingerprint density at radius 2 is 2.00 bits per heavy atom. The molecular formula is C13H18F3N3OS. The van der Waals surface area contributed by atoms with Gasteiger partial charge in [-0.1, -0.05) is 6.92 Å². The third kappa shape index (κ3) is 4.33. The fraction of sp³-hybridized carbons (Fsp3) is 0.615. The maximum absolute atomic E-state index is 13.0. The van der Waals surface area contributed by atoms with Gasteiger partial charge in [-0.25, -0.2) is 4.98 Å². The number of alkyl halides is 3. The van der Waals surface area contributed by atoms with Gasteiger partial charge in [0.2, 0.25) is 0 Å². The average Bonchev–Trinajstić information content (AvgIpc) is 2.44. The van der Waals surface area contributed by atoms with Crippen LogP contribution < -0.4 is 10.2 Å². The predicted octanol–water partition coefficient (Wildman–Crippen LogP) is 2.49. The molecule has 0 aliphatic carbocycles. The van der Waals surface area contributed by atoms with Gasteiger partial charge in [0.15, 0.2) is 0 Å². The Morgan fingerprint density at radius 3 is 2.57 bits per heavy atom. The van der Waals surface area contributed by atoms with Gasteiger partial charge in [0.1, 0.15) is 11.6 Å². The molecule has 4 nitrogen and oxygen atoms in total. The number of hydrogen-bond acceptors (Lipinski definition) is 4. The Hall–Kier alpha value is -1.31. The Morgan fingerprint density at radius 1 is 1.33 bits per heavy atom. The summed E-state index contributed by atoms with van der Waals surface area (Å²) in [5, 5.41) is 2.90. The third-order valence-electron chi connectivity index (χ3n) is 3.20. The molecule has 1 N–H and O–H groups in total. The minimum absolute atomic E-state index is 0.230. The van der Waals surface area contributed by atoms with E-state index in [4.69, 9.17) is 0 Å². The van der Waals surface area contributed by atoms with Crippen LogP contribution in [0.3, 0.4) is 0 Å². The maximum atomic E-state index is 13.0. The molecule has 118 valence electrons. The number of halogens is 3. The summed E-state index contributed by atoms with van der Waals surface area (Å²) < 4.78 is 50.3. The summed E-state index contributed by atoms with van der Waals surface area (Å²) >= 11 is 0. The van der Waals surface area contributed by atoms with Gasteiger partial charge in [0.05, 0.1) is 5.56 Å². The quantitative estimate of drug-likeness (QED) is 0.925. The summed E-state index contributed by atoms with van der Waals surface area (Å²) in [5.74, 6) is 1.46. The van der Waals surface area contributed by atoms with E-state index in [1.807, 2.05) is 6.92 Å². The number of nitrogens with zero attached hydrogens (tertiary/aromatic N) is 2. The molecule has 1 aliphatic heterocycles. The number of anilines is 2. The van der Waals surface area contributed by atoms with Crippen LogP contribution in [0.4, 0.5) is 24.8 Å². The molecule has 8 heteroatoms. The third-order valence-corrected chi connectivity index (χ3v) is 4.47. The number of nitrogens with one attached hydrogen (secondary N) is 1. The van der Waals surface area contributed by atoms with Crippen LogP contribution in [0.5, 0.6) is 0 Å². The van der Waals surface area contributed by atoms with Gasteiger partial charge in [-0.3, -0.25) is 4.21 Å². The highest BCUT2D eigenvalue weighted by Gasteiger charge is 2.32. The van der Waals surface area contributed by atoms with E-state index in [0.717, 1.165) is 18.6 Å². The molecule has 0 saturated carbocycles. The van der Waals surface area contributed by atoms with E-state index in [2.05, 4.69) is 10.3 Å². The van der Waals surface area contributed by atoms with Crippen LogP contribution in [0, 0.1) is 0 Å². The molecule has 1 saturated heterocycles. The van der Waals surface area contributed by atoms with Crippen LogP contribution in [0.1, 0.15) is 18.9 Å². The largest absolute Gasteiger partial charge is 0.416 e. The minimum Gasteiger partial charge on any atom is -0.370 e. The van der Waals surface area contributed by atoms with E-state index < -0.39 is 22.5 Å². The van der Waals surface area contributed by atoms with Crippen LogP contribution in [0.2, 0.25) is 0 Å². The second-order valence-corrected chi connectivity index (χ2v) is 6.56. The molecule has 0 radical (unpaired) electrons. The summed E-state index contributed by atoms with van der Waals surface area (Å²) in [6.07, 6.45) is -3.60. The fourth-order valence-corrected chi connectivity index (χ4v) is 3.10. The van der Waals surface area contributed by atoms with Gasteiger partial charge in [0.25, 0.3) is 0 Å². The first-order valence-electron chi connectivity index (χ1n) is 6.83. The molecule has 0 atom stereocenters. The molecule has 0 aromatic carbocycles. The Kier molecular flexibility index (Phi) is 5.08. The van der Waals surface area contributed by atoms with Crippen molar-refractivity contribution in [1.29, 1.82) is 0 Å². The SMILES string of the molecule is CCCNc1cc(C(F)(F)F)cc(N2CCS(=O)CC2)n1. The zero-order chi connectivity index (χ0) is 15.5. The van der Waals surface area contributed by atoms with E-state index in [9.17, 15) is 17.4 Å².